The van der Waals surface area contributed by atoms with E-state index in [2.05, 4.69) is 15.4 Å². The van der Waals surface area contributed by atoms with Gasteiger partial charge in [-0.3, -0.25) is 19.1 Å². The minimum Gasteiger partial charge on any atom is -0.444 e. The molecule has 5 rings (SSSR count). The summed E-state index contributed by atoms with van der Waals surface area (Å²) >= 11 is 0. The Kier molecular flexibility index (Phi) is 11.4. The number of amides is 5. The van der Waals surface area contributed by atoms with Gasteiger partial charge < -0.3 is 29.9 Å². The van der Waals surface area contributed by atoms with E-state index in [1.54, 1.807) is 25.7 Å². The smallest absolute Gasteiger partial charge is 0.410 e. The van der Waals surface area contributed by atoms with Crippen LogP contribution in [0.3, 0.4) is 0 Å². The first-order valence-corrected chi connectivity index (χ1v) is 19.4. The highest BCUT2D eigenvalue weighted by Crippen LogP contribution is 2.46. The fraction of sp³-hybridized carbons (Fsp3) is 0.639. The zero-order valence-electron chi connectivity index (χ0n) is 30.1. The Bertz CT molecular complexity index is 1660. The molecule has 51 heavy (non-hydrogen) atoms. The molecule has 1 aromatic rings. The fourth-order valence-corrected chi connectivity index (χ4v) is 7.50. The summed E-state index contributed by atoms with van der Waals surface area (Å²) in [7, 11) is -4.01. The van der Waals surface area contributed by atoms with Gasteiger partial charge in [0.1, 0.15) is 29.3 Å². The number of nitrogens with zero attached hydrogens (tertiary/aromatic N) is 2. The fourth-order valence-electron chi connectivity index (χ4n) is 6.82. The Labute approximate surface area is 300 Å². The monoisotopic (exact) mass is 729 g/mol. The molecule has 3 heterocycles. The van der Waals surface area contributed by atoms with Crippen LogP contribution in [-0.4, -0.2) is 95.8 Å². The van der Waals surface area contributed by atoms with E-state index in [-0.39, 0.29) is 25.8 Å². The van der Waals surface area contributed by atoms with Gasteiger partial charge in [-0.05, 0) is 77.8 Å². The number of rotatable bonds is 5. The van der Waals surface area contributed by atoms with Crippen LogP contribution < -0.4 is 15.4 Å². The van der Waals surface area contributed by atoms with E-state index in [1.165, 1.54) is 18.7 Å². The minimum atomic E-state index is -4.01. The van der Waals surface area contributed by atoms with E-state index in [9.17, 15) is 32.4 Å². The third-order valence-corrected chi connectivity index (χ3v) is 11.6. The number of hydrogen-bond acceptors (Lipinski definition) is 9. The van der Waals surface area contributed by atoms with Crippen molar-refractivity contribution in [2.45, 2.75) is 127 Å². The first-order chi connectivity index (χ1) is 24.0. The zero-order valence-corrected chi connectivity index (χ0v) is 30.9. The summed E-state index contributed by atoms with van der Waals surface area (Å²) in [5, 5.41) is 4.61. The normalized spacial score (nSPS) is 27.8. The molecule has 280 valence electrons. The molecule has 1 saturated carbocycles. The molecule has 1 aromatic carbocycles. The average Bonchev–Trinajstić information content (AvgIpc) is 3.58. The molecule has 15 heteroatoms. The Hall–Kier alpha value is -4.14. The van der Waals surface area contributed by atoms with Crippen LogP contribution in [0.15, 0.2) is 36.4 Å². The Balaban J connectivity index is 1.41. The van der Waals surface area contributed by atoms with E-state index >= 15 is 0 Å². The van der Waals surface area contributed by atoms with Gasteiger partial charge in [0.25, 0.3) is 5.91 Å². The lowest BCUT2D eigenvalue weighted by Crippen LogP contribution is -2.58. The van der Waals surface area contributed by atoms with Crippen molar-refractivity contribution in [2.75, 3.05) is 13.1 Å². The van der Waals surface area contributed by atoms with Crippen molar-refractivity contribution in [3.8, 4) is 0 Å². The highest BCUT2D eigenvalue weighted by atomic mass is 32.2. The van der Waals surface area contributed by atoms with Gasteiger partial charge in [0, 0.05) is 25.4 Å². The summed E-state index contributed by atoms with van der Waals surface area (Å²) in [6.07, 6.45) is 5.38. The second kappa shape index (κ2) is 15.2. The number of hydrogen-bond donors (Lipinski definition) is 3. The van der Waals surface area contributed by atoms with Gasteiger partial charge in [-0.2, -0.15) is 0 Å². The van der Waals surface area contributed by atoms with E-state index in [0.29, 0.717) is 32.4 Å². The minimum absolute atomic E-state index is 0.0601. The Morgan fingerprint density at radius 2 is 1.78 bits per heavy atom. The number of ether oxygens (including phenoxy) is 2. The van der Waals surface area contributed by atoms with Crippen LogP contribution in [0, 0.1) is 5.92 Å². The maximum absolute atomic E-state index is 14.3. The second-order valence-electron chi connectivity index (χ2n) is 15.2. The van der Waals surface area contributed by atoms with Crippen LogP contribution in [-0.2, 0) is 46.8 Å². The van der Waals surface area contributed by atoms with Crippen LogP contribution in [0.5, 0.6) is 0 Å². The lowest BCUT2D eigenvalue weighted by molar-refractivity contribution is -0.141. The number of allylic oxidation sites excluding steroid dienone is 1. The molecule has 2 fully saturated rings. The number of sulfonamides is 1. The molecule has 0 bridgehead atoms. The third kappa shape index (κ3) is 9.21. The van der Waals surface area contributed by atoms with Crippen LogP contribution in [0.25, 0.3) is 0 Å². The molecular weight excluding hydrogens is 678 g/mol. The standard InChI is InChI=1S/C36H51N5O9S/c1-23(2)51(47,48)39-32(44)36-20-26(36)15-9-7-6-8-10-16-28(37-33(45)50-35(3,4)5)31(43)41-22-27(19-29(41)30(42)38-36)49-34(46)40-18-17-24-13-11-12-14-25(24)21-40/h9,11-15,23,26-29H,6-8,10,16-22H2,1-5H3,(H,37,45)(H,38,42)(H,39,44)/b15-9-/t26-,27-,28+,29+,36-/m1/s1. The summed E-state index contributed by atoms with van der Waals surface area (Å²) in [4.78, 5) is 71.3. The highest BCUT2D eigenvalue weighted by Gasteiger charge is 2.61. The molecule has 0 unspecified atom stereocenters. The summed E-state index contributed by atoms with van der Waals surface area (Å²) in [6, 6.07) is 5.63. The van der Waals surface area contributed by atoms with Crippen molar-refractivity contribution < 1.29 is 41.9 Å². The number of fused-ring (bicyclic) bond motifs is 3. The summed E-state index contributed by atoms with van der Waals surface area (Å²) in [5.74, 6) is -2.55. The van der Waals surface area contributed by atoms with E-state index in [0.717, 1.165) is 24.0 Å². The van der Waals surface area contributed by atoms with E-state index in [1.807, 2.05) is 36.4 Å². The molecule has 4 aliphatic rings. The van der Waals surface area contributed by atoms with E-state index in [4.69, 9.17) is 9.47 Å². The number of carbonyl (C=O) groups excluding carboxylic acids is 5. The van der Waals surface area contributed by atoms with Crippen molar-refractivity contribution in [3.63, 3.8) is 0 Å². The number of benzene rings is 1. The van der Waals surface area contributed by atoms with Crippen LogP contribution in [0.2, 0.25) is 0 Å². The van der Waals surface area contributed by atoms with Gasteiger partial charge in [0.05, 0.1) is 11.8 Å². The molecular formula is C36H51N5O9S. The number of alkyl carbamates (subject to hydrolysis) is 1. The van der Waals surface area contributed by atoms with Gasteiger partial charge >= 0.3 is 12.2 Å². The SMILES string of the molecule is CC(C)S(=O)(=O)NC(=O)[C@@]12C[C@H]1/C=C\CCCCC[C@H](NC(=O)OC(C)(C)C)C(=O)N1C[C@H](OC(=O)N3CCc4ccccc4C3)C[C@H]1C(=O)N2. The number of carbonyl (C=O) groups is 5. The van der Waals surface area contributed by atoms with Crippen molar-refractivity contribution in [2.24, 2.45) is 5.92 Å². The molecule has 0 radical (unpaired) electrons. The Morgan fingerprint density at radius 3 is 2.49 bits per heavy atom. The Morgan fingerprint density at radius 1 is 1.06 bits per heavy atom. The van der Waals surface area contributed by atoms with Crippen molar-refractivity contribution in [1.82, 2.24) is 25.2 Å². The molecule has 1 saturated heterocycles. The van der Waals surface area contributed by atoms with Crippen molar-refractivity contribution in [3.05, 3.63) is 47.5 Å². The first kappa shape index (κ1) is 38.1. The summed E-state index contributed by atoms with van der Waals surface area (Å²) in [6.45, 7) is 8.71. The molecule has 0 spiro atoms. The molecule has 14 nitrogen and oxygen atoms in total. The lowest BCUT2D eigenvalue weighted by atomic mass is 10.0. The number of nitrogens with one attached hydrogen (secondary N) is 3. The van der Waals surface area contributed by atoms with E-state index < -0.39 is 80.4 Å². The van der Waals surface area contributed by atoms with Crippen LogP contribution >= 0.6 is 0 Å². The largest absolute Gasteiger partial charge is 0.444 e. The van der Waals surface area contributed by atoms with Gasteiger partial charge in [-0.15, -0.1) is 0 Å². The van der Waals surface area contributed by atoms with Crippen LogP contribution in [0.1, 0.15) is 90.7 Å². The summed E-state index contributed by atoms with van der Waals surface area (Å²) < 4.78 is 38.9. The van der Waals surface area contributed by atoms with Crippen molar-refractivity contribution in [1.29, 1.82) is 0 Å². The molecule has 3 N–H and O–H groups in total. The maximum Gasteiger partial charge on any atom is 0.410 e. The predicted molar refractivity (Wildman–Crippen MR) is 188 cm³/mol. The predicted octanol–water partition coefficient (Wildman–Crippen LogP) is 3.29. The molecule has 5 amide bonds. The van der Waals surface area contributed by atoms with Crippen molar-refractivity contribution >= 4 is 39.9 Å². The van der Waals surface area contributed by atoms with Gasteiger partial charge in [-0.25, -0.2) is 18.0 Å². The molecule has 1 aliphatic carbocycles. The maximum atomic E-state index is 14.3. The van der Waals surface area contributed by atoms with Gasteiger partial charge in [0.2, 0.25) is 21.8 Å². The van der Waals surface area contributed by atoms with Gasteiger partial charge in [0.15, 0.2) is 0 Å². The summed E-state index contributed by atoms with van der Waals surface area (Å²) in [5.41, 5.74) is -0.190. The quantitative estimate of drug-likeness (QED) is 0.384. The highest BCUT2D eigenvalue weighted by molar-refractivity contribution is 7.90. The van der Waals surface area contributed by atoms with Crippen LogP contribution in [0.4, 0.5) is 9.59 Å². The zero-order chi connectivity index (χ0) is 37.1. The average molecular weight is 730 g/mol. The topological polar surface area (TPSA) is 181 Å². The first-order valence-electron chi connectivity index (χ1n) is 17.9. The third-order valence-electron chi connectivity index (χ3n) is 9.85. The lowest BCUT2D eigenvalue weighted by Gasteiger charge is -2.30. The molecule has 3 aliphatic heterocycles. The second-order valence-corrected chi connectivity index (χ2v) is 17.5. The molecule has 5 atom stereocenters. The van der Waals surface area contributed by atoms with Gasteiger partial charge in [-0.1, -0.05) is 49.3 Å². The molecule has 0 aromatic heterocycles.